The first kappa shape index (κ1) is 26.0. The van der Waals surface area contributed by atoms with Gasteiger partial charge in [-0.2, -0.15) is 0 Å². The van der Waals surface area contributed by atoms with Crippen LogP contribution in [0.4, 0.5) is 0 Å². The molecule has 2 unspecified atom stereocenters. The third kappa shape index (κ3) is 6.39. The molecule has 2 aromatic carbocycles. The number of aliphatic hydroxyl groups excluding tert-OH is 1. The molecule has 0 bridgehead atoms. The molecule has 2 atom stereocenters. The molecule has 0 aliphatic heterocycles. The van der Waals surface area contributed by atoms with Crippen LogP contribution in [0.3, 0.4) is 0 Å². The number of halogens is 3. The zero-order valence-electron chi connectivity index (χ0n) is 19.8. The fourth-order valence-electron chi connectivity index (χ4n) is 4.16. The molecular weight excluding hydrogens is 507 g/mol. The average molecular weight is 536 g/mol. The van der Waals surface area contributed by atoms with Crippen molar-refractivity contribution < 1.29 is 14.4 Å². The number of aromatic nitrogens is 1. The maximum Gasteiger partial charge on any atom is 0.147 e. The van der Waals surface area contributed by atoms with Crippen LogP contribution in [0.5, 0.6) is 5.75 Å². The Morgan fingerprint density at radius 3 is 2.57 bits per heavy atom. The second kappa shape index (κ2) is 11.8. The molecule has 1 saturated carbocycles. The molecule has 3 aromatic rings. The van der Waals surface area contributed by atoms with Gasteiger partial charge in [-0.25, -0.2) is 0 Å². The summed E-state index contributed by atoms with van der Waals surface area (Å²) in [5, 5.41) is 16.2. The fraction of sp³-hybridized carbons (Fsp3) is 0.407. The summed E-state index contributed by atoms with van der Waals surface area (Å²) in [7, 11) is 0. The molecule has 4 rings (SSSR count). The van der Waals surface area contributed by atoms with Gasteiger partial charge < -0.3 is 14.4 Å². The summed E-state index contributed by atoms with van der Waals surface area (Å²) in [4.78, 5) is 4.16. The highest BCUT2D eigenvalue weighted by Gasteiger charge is 2.33. The third-order valence-electron chi connectivity index (χ3n) is 6.17. The molecule has 1 aromatic heterocycles. The molecule has 5 nitrogen and oxygen atoms in total. The van der Waals surface area contributed by atoms with Crippen molar-refractivity contribution in [3.63, 3.8) is 0 Å². The number of benzene rings is 2. The second-order valence-corrected chi connectivity index (χ2v) is 10.1. The van der Waals surface area contributed by atoms with Gasteiger partial charge in [0.1, 0.15) is 23.8 Å². The van der Waals surface area contributed by atoms with Crippen LogP contribution in [0.1, 0.15) is 68.3 Å². The van der Waals surface area contributed by atoms with Crippen molar-refractivity contribution in [1.29, 1.82) is 0 Å². The molecule has 1 aliphatic carbocycles. The molecular formula is C27H29Cl3N2O3. The number of aliphatic hydroxyl groups is 1. The number of hydrogen-bond acceptors (Lipinski definition) is 5. The average Bonchev–Trinajstić information content (AvgIpc) is 3.58. The summed E-state index contributed by atoms with van der Waals surface area (Å²) in [6.45, 7) is 5.00. The van der Waals surface area contributed by atoms with Gasteiger partial charge in [0.05, 0.1) is 21.7 Å². The van der Waals surface area contributed by atoms with E-state index in [-0.39, 0.29) is 12.5 Å². The van der Waals surface area contributed by atoms with Crippen LogP contribution in [0.15, 0.2) is 45.9 Å². The molecule has 1 aliphatic rings. The fourth-order valence-corrected chi connectivity index (χ4v) is 5.09. The summed E-state index contributed by atoms with van der Waals surface area (Å²) in [6, 6.07) is 11.0. The quantitative estimate of drug-likeness (QED) is 0.252. The molecule has 35 heavy (non-hydrogen) atoms. The van der Waals surface area contributed by atoms with Crippen molar-refractivity contribution in [2.24, 2.45) is 4.99 Å². The first-order chi connectivity index (χ1) is 16.9. The van der Waals surface area contributed by atoms with E-state index in [1.165, 1.54) is 0 Å². The van der Waals surface area contributed by atoms with Crippen LogP contribution in [0.2, 0.25) is 15.1 Å². The van der Waals surface area contributed by atoms with Crippen molar-refractivity contribution in [2.45, 2.75) is 64.1 Å². The van der Waals surface area contributed by atoms with Gasteiger partial charge in [-0.1, -0.05) is 59.0 Å². The minimum absolute atomic E-state index is 0.0927. The number of hydrogen-bond donors (Lipinski definition) is 1. The Bertz CT molecular complexity index is 1170. The SMILES string of the molecule is CCN=CCC(O)CC(C)c1ccc(OCc2c(-c3c(Cl)cccc3Cl)noc2C2CC2)cc1Cl. The predicted molar refractivity (Wildman–Crippen MR) is 142 cm³/mol. The monoisotopic (exact) mass is 534 g/mol. The van der Waals surface area contributed by atoms with E-state index in [1.54, 1.807) is 24.4 Å². The largest absolute Gasteiger partial charge is 0.489 e. The lowest BCUT2D eigenvalue weighted by Gasteiger charge is -2.18. The van der Waals surface area contributed by atoms with Gasteiger partial charge in [-0.15, -0.1) is 0 Å². The summed E-state index contributed by atoms with van der Waals surface area (Å²) in [5.74, 6) is 1.90. The van der Waals surface area contributed by atoms with E-state index in [4.69, 9.17) is 44.1 Å². The Morgan fingerprint density at radius 1 is 1.17 bits per heavy atom. The van der Waals surface area contributed by atoms with Crippen LogP contribution < -0.4 is 4.74 Å². The van der Waals surface area contributed by atoms with E-state index >= 15 is 0 Å². The Kier molecular flexibility index (Phi) is 8.77. The molecule has 0 spiro atoms. The van der Waals surface area contributed by atoms with Crippen molar-refractivity contribution in [3.05, 3.63) is 68.4 Å². The van der Waals surface area contributed by atoms with Crippen LogP contribution in [0, 0.1) is 0 Å². The molecule has 8 heteroatoms. The normalized spacial score (nSPS) is 15.5. The van der Waals surface area contributed by atoms with Crippen molar-refractivity contribution in [1.82, 2.24) is 5.16 Å². The Balaban J connectivity index is 1.49. The van der Waals surface area contributed by atoms with E-state index in [0.29, 0.717) is 50.8 Å². The lowest BCUT2D eigenvalue weighted by Crippen LogP contribution is -2.11. The highest BCUT2D eigenvalue weighted by molar-refractivity contribution is 6.39. The Labute approximate surface area is 221 Å². The summed E-state index contributed by atoms with van der Waals surface area (Å²) in [5.41, 5.74) is 3.08. The maximum absolute atomic E-state index is 10.3. The van der Waals surface area contributed by atoms with Gasteiger partial charge in [0.15, 0.2) is 0 Å². The van der Waals surface area contributed by atoms with Crippen LogP contribution in [-0.2, 0) is 6.61 Å². The van der Waals surface area contributed by atoms with Gasteiger partial charge in [-0.3, -0.25) is 4.99 Å². The Hall–Kier alpha value is -2.05. The minimum Gasteiger partial charge on any atom is -0.489 e. The lowest BCUT2D eigenvalue weighted by atomic mass is 9.94. The minimum atomic E-state index is -0.461. The summed E-state index contributed by atoms with van der Waals surface area (Å²) in [6.07, 6.45) is 4.58. The smallest absolute Gasteiger partial charge is 0.147 e. The standard InChI is InChI=1S/C27H29Cl3N2O3/c1-3-31-12-11-18(33)13-16(2)20-10-9-19(14-24(20)30)34-15-21-26(32-35-27(21)17-7-8-17)25-22(28)5-4-6-23(25)29/h4-6,9-10,12,14,16-18,33H,3,7-8,11,13,15H2,1-2H3. The van der Waals surface area contributed by atoms with Gasteiger partial charge in [-0.05, 0) is 61.9 Å². The topological polar surface area (TPSA) is 67.9 Å². The molecule has 0 amide bonds. The predicted octanol–water partition coefficient (Wildman–Crippen LogP) is 8.09. The number of rotatable bonds is 11. The second-order valence-electron chi connectivity index (χ2n) is 8.92. The highest BCUT2D eigenvalue weighted by Crippen LogP contribution is 2.46. The number of ether oxygens (including phenoxy) is 1. The highest BCUT2D eigenvalue weighted by atomic mass is 35.5. The first-order valence-corrected chi connectivity index (χ1v) is 13.0. The zero-order chi connectivity index (χ0) is 24.9. The summed E-state index contributed by atoms with van der Waals surface area (Å²) < 4.78 is 11.8. The van der Waals surface area contributed by atoms with E-state index in [0.717, 1.165) is 36.3 Å². The molecule has 186 valence electrons. The first-order valence-electron chi connectivity index (χ1n) is 11.9. The van der Waals surface area contributed by atoms with E-state index < -0.39 is 6.10 Å². The maximum atomic E-state index is 10.3. The lowest BCUT2D eigenvalue weighted by molar-refractivity contribution is 0.165. The van der Waals surface area contributed by atoms with Crippen molar-refractivity contribution in [2.75, 3.05) is 6.54 Å². The zero-order valence-corrected chi connectivity index (χ0v) is 22.1. The van der Waals surface area contributed by atoms with Gasteiger partial charge in [0, 0.05) is 35.7 Å². The summed E-state index contributed by atoms with van der Waals surface area (Å²) >= 11 is 19.5. The van der Waals surface area contributed by atoms with Crippen molar-refractivity contribution >= 4 is 41.0 Å². The van der Waals surface area contributed by atoms with Crippen LogP contribution in [0.25, 0.3) is 11.3 Å². The molecule has 1 N–H and O–H groups in total. The molecule has 0 saturated heterocycles. The van der Waals surface area contributed by atoms with Gasteiger partial charge >= 0.3 is 0 Å². The van der Waals surface area contributed by atoms with E-state index in [2.05, 4.69) is 17.1 Å². The van der Waals surface area contributed by atoms with E-state index in [1.807, 2.05) is 25.1 Å². The van der Waals surface area contributed by atoms with Crippen molar-refractivity contribution in [3.8, 4) is 17.0 Å². The Morgan fingerprint density at radius 2 is 1.91 bits per heavy atom. The third-order valence-corrected chi connectivity index (χ3v) is 7.12. The number of nitrogens with zero attached hydrogens (tertiary/aromatic N) is 2. The van der Waals surface area contributed by atoms with Crippen LogP contribution >= 0.6 is 34.8 Å². The molecule has 1 fully saturated rings. The van der Waals surface area contributed by atoms with E-state index in [9.17, 15) is 5.11 Å². The van der Waals surface area contributed by atoms with Gasteiger partial charge in [0.25, 0.3) is 0 Å². The number of aliphatic imine (C=N–C) groups is 1. The van der Waals surface area contributed by atoms with Crippen LogP contribution in [-0.4, -0.2) is 29.1 Å². The molecule has 0 radical (unpaired) electrons. The molecule has 1 heterocycles. The van der Waals surface area contributed by atoms with Gasteiger partial charge in [0.2, 0.25) is 0 Å².